The van der Waals surface area contributed by atoms with Gasteiger partial charge in [0.2, 0.25) is 5.91 Å². The van der Waals surface area contributed by atoms with Crippen molar-refractivity contribution in [2.45, 2.75) is 25.8 Å². The van der Waals surface area contributed by atoms with Crippen LogP contribution in [0.1, 0.15) is 19.8 Å². The quantitative estimate of drug-likeness (QED) is 0.697. The Kier molecular flexibility index (Phi) is 5.25. The lowest BCUT2D eigenvalue weighted by atomic mass is 10.2. The van der Waals surface area contributed by atoms with E-state index in [9.17, 15) is 4.79 Å². The van der Waals surface area contributed by atoms with E-state index < -0.39 is 0 Å². The molecule has 1 N–H and O–H groups in total. The van der Waals surface area contributed by atoms with Gasteiger partial charge in [-0.2, -0.15) is 0 Å². The number of halogens is 1. The topological polar surface area (TPSA) is 32.3 Å². The minimum atomic E-state index is 0. The molecule has 0 radical (unpaired) electrons. The SMILES string of the molecule is CCN1CCC[C@H]1C(=O)NC.Cl. The number of hydrogen-bond acceptors (Lipinski definition) is 2. The Hall–Kier alpha value is -0.280. The van der Waals surface area contributed by atoms with E-state index in [0.717, 1.165) is 25.9 Å². The summed E-state index contributed by atoms with van der Waals surface area (Å²) >= 11 is 0. The number of rotatable bonds is 2. The molecular weight excluding hydrogens is 176 g/mol. The Labute approximate surface area is 79.9 Å². The molecular formula is C8H17ClN2O. The number of nitrogens with one attached hydrogen (secondary N) is 1. The number of carbonyl (C=O) groups excluding carboxylic acids is 1. The van der Waals surface area contributed by atoms with Gasteiger partial charge in [0.05, 0.1) is 6.04 Å². The number of likely N-dealkylation sites (tertiary alicyclic amines) is 1. The summed E-state index contributed by atoms with van der Waals surface area (Å²) in [6.45, 7) is 4.16. The van der Waals surface area contributed by atoms with Gasteiger partial charge >= 0.3 is 0 Å². The first kappa shape index (κ1) is 11.7. The molecule has 3 nitrogen and oxygen atoms in total. The van der Waals surface area contributed by atoms with Gasteiger partial charge < -0.3 is 5.32 Å². The smallest absolute Gasteiger partial charge is 0.237 e. The number of likely N-dealkylation sites (N-methyl/N-ethyl adjacent to an activating group) is 2. The molecule has 0 aromatic heterocycles. The Morgan fingerprint density at radius 1 is 1.67 bits per heavy atom. The normalized spacial score (nSPS) is 23.3. The number of nitrogens with zero attached hydrogens (tertiary/aromatic N) is 1. The van der Waals surface area contributed by atoms with Gasteiger partial charge in [-0.1, -0.05) is 6.92 Å². The van der Waals surface area contributed by atoms with Gasteiger partial charge in [0.15, 0.2) is 0 Å². The molecule has 0 bridgehead atoms. The van der Waals surface area contributed by atoms with Crippen LogP contribution in [0.4, 0.5) is 0 Å². The van der Waals surface area contributed by atoms with Crippen molar-refractivity contribution < 1.29 is 4.79 Å². The molecule has 0 saturated carbocycles. The van der Waals surface area contributed by atoms with Gasteiger partial charge in [-0.3, -0.25) is 9.69 Å². The van der Waals surface area contributed by atoms with Crippen molar-refractivity contribution in [2.75, 3.05) is 20.1 Å². The lowest BCUT2D eigenvalue weighted by Gasteiger charge is -2.20. The molecule has 4 heteroatoms. The van der Waals surface area contributed by atoms with Crippen molar-refractivity contribution in [1.29, 1.82) is 0 Å². The molecule has 0 spiro atoms. The van der Waals surface area contributed by atoms with Gasteiger partial charge in [0.1, 0.15) is 0 Å². The van der Waals surface area contributed by atoms with E-state index in [-0.39, 0.29) is 24.4 Å². The summed E-state index contributed by atoms with van der Waals surface area (Å²) in [4.78, 5) is 13.5. The van der Waals surface area contributed by atoms with Crippen LogP contribution in [0.5, 0.6) is 0 Å². The zero-order chi connectivity index (χ0) is 8.27. The number of amides is 1. The van der Waals surface area contributed by atoms with Gasteiger partial charge in [0, 0.05) is 7.05 Å². The zero-order valence-electron chi connectivity index (χ0n) is 7.67. The summed E-state index contributed by atoms with van der Waals surface area (Å²) < 4.78 is 0. The second-order valence-corrected chi connectivity index (χ2v) is 2.90. The molecule has 0 aromatic rings. The van der Waals surface area contributed by atoms with E-state index >= 15 is 0 Å². The highest BCUT2D eigenvalue weighted by molar-refractivity contribution is 5.85. The van der Waals surface area contributed by atoms with Crippen LogP contribution < -0.4 is 5.32 Å². The lowest BCUT2D eigenvalue weighted by Crippen LogP contribution is -2.41. The average molecular weight is 193 g/mol. The average Bonchev–Trinajstić information content (AvgIpc) is 2.50. The molecule has 1 aliphatic heterocycles. The third kappa shape index (κ3) is 2.35. The molecule has 0 aromatic carbocycles. The predicted molar refractivity (Wildman–Crippen MR) is 51.6 cm³/mol. The Balaban J connectivity index is 0.00000121. The summed E-state index contributed by atoms with van der Waals surface area (Å²) in [5.41, 5.74) is 0. The van der Waals surface area contributed by atoms with Crippen LogP contribution in [0.3, 0.4) is 0 Å². The first-order valence-electron chi connectivity index (χ1n) is 4.25. The highest BCUT2D eigenvalue weighted by Gasteiger charge is 2.28. The van der Waals surface area contributed by atoms with E-state index in [0.29, 0.717) is 0 Å². The Morgan fingerprint density at radius 3 is 2.83 bits per heavy atom. The third-order valence-electron chi connectivity index (χ3n) is 2.32. The highest BCUT2D eigenvalue weighted by Crippen LogP contribution is 2.15. The standard InChI is InChI=1S/C8H16N2O.ClH/c1-3-10-6-4-5-7(10)8(11)9-2;/h7H,3-6H2,1-2H3,(H,9,11);1H/t7-;/m0./s1. The molecule has 1 rings (SSSR count). The van der Waals surface area contributed by atoms with Gasteiger partial charge in [-0.25, -0.2) is 0 Å². The monoisotopic (exact) mass is 192 g/mol. The van der Waals surface area contributed by atoms with Gasteiger partial charge in [-0.15, -0.1) is 12.4 Å². The largest absolute Gasteiger partial charge is 0.358 e. The lowest BCUT2D eigenvalue weighted by molar-refractivity contribution is -0.124. The number of carbonyl (C=O) groups is 1. The van der Waals surface area contributed by atoms with Crippen molar-refractivity contribution >= 4 is 18.3 Å². The first-order chi connectivity index (χ1) is 5.29. The Bertz CT molecular complexity index is 152. The summed E-state index contributed by atoms with van der Waals surface area (Å²) in [7, 11) is 1.70. The summed E-state index contributed by atoms with van der Waals surface area (Å²) in [5.74, 6) is 0.171. The van der Waals surface area contributed by atoms with Crippen LogP contribution in [0.15, 0.2) is 0 Å². The van der Waals surface area contributed by atoms with Crippen molar-refractivity contribution in [3.63, 3.8) is 0 Å². The second kappa shape index (κ2) is 5.38. The maximum atomic E-state index is 11.2. The molecule has 0 aliphatic carbocycles. The van der Waals surface area contributed by atoms with Crippen molar-refractivity contribution in [3.05, 3.63) is 0 Å². The van der Waals surface area contributed by atoms with Crippen LogP contribution in [-0.2, 0) is 4.79 Å². The second-order valence-electron chi connectivity index (χ2n) is 2.90. The highest BCUT2D eigenvalue weighted by atomic mass is 35.5. The van der Waals surface area contributed by atoms with Crippen molar-refractivity contribution in [1.82, 2.24) is 10.2 Å². The molecule has 1 atom stereocenters. The Morgan fingerprint density at radius 2 is 2.33 bits per heavy atom. The molecule has 1 saturated heterocycles. The fourth-order valence-corrected chi connectivity index (χ4v) is 1.67. The van der Waals surface area contributed by atoms with Gasteiger partial charge in [0.25, 0.3) is 0 Å². The van der Waals surface area contributed by atoms with Crippen LogP contribution in [0.25, 0.3) is 0 Å². The molecule has 72 valence electrons. The summed E-state index contributed by atoms with van der Waals surface area (Å²) in [6.07, 6.45) is 2.18. The summed E-state index contributed by atoms with van der Waals surface area (Å²) in [6, 6.07) is 0.144. The van der Waals surface area contributed by atoms with Crippen molar-refractivity contribution in [2.24, 2.45) is 0 Å². The minimum absolute atomic E-state index is 0. The molecule has 1 heterocycles. The van der Waals surface area contributed by atoms with E-state index in [1.165, 1.54) is 0 Å². The number of hydrogen-bond donors (Lipinski definition) is 1. The van der Waals surface area contributed by atoms with E-state index in [1.807, 2.05) is 0 Å². The molecule has 1 amide bonds. The predicted octanol–water partition coefficient (Wildman–Crippen LogP) is 0.638. The van der Waals surface area contributed by atoms with Crippen LogP contribution in [-0.4, -0.2) is 37.0 Å². The molecule has 1 aliphatic rings. The zero-order valence-corrected chi connectivity index (χ0v) is 8.49. The molecule has 1 fully saturated rings. The summed E-state index contributed by atoms with van der Waals surface area (Å²) in [5, 5.41) is 2.69. The first-order valence-corrected chi connectivity index (χ1v) is 4.25. The maximum absolute atomic E-state index is 11.2. The van der Waals surface area contributed by atoms with E-state index in [2.05, 4.69) is 17.1 Å². The van der Waals surface area contributed by atoms with E-state index in [1.54, 1.807) is 7.05 Å². The van der Waals surface area contributed by atoms with Crippen molar-refractivity contribution in [3.8, 4) is 0 Å². The maximum Gasteiger partial charge on any atom is 0.237 e. The minimum Gasteiger partial charge on any atom is -0.358 e. The van der Waals surface area contributed by atoms with Gasteiger partial charge in [-0.05, 0) is 25.9 Å². The van der Waals surface area contributed by atoms with E-state index in [4.69, 9.17) is 0 Å². The van der Waals surface area contributed by atoms with Crippen LogP contribution in [0, 0.1) is 0 Å². The fourth-order valence-electron chi connectivity index (χ4n) is 1.67. The third-order valence-corrected chi connectivity index (χ3v) is 2.32. The van der Waals surface area contributed by atoms with Crippen LogP contribution in [0.2, 0.25) is 0 Å². The van der Waals surface area contributed by atoms with Crippen LogP contribution >= 0.6 is 12.4 Å². The molecule has 12 heavy (non-hydrogen) atoms. The fraction of sp³-hybridized carbons (Fsp3) is 0.875. The molecule has 0 unspecified atom stereocenters.